The molecule has 0 aliphatic rings. The summed E-state index contributed by atoms with van der Waals surface area (Å²) in [4.78, 5) is 4.27. The number of halogens is 1. The number of aliphatic imine (C=N–C) groups is 1. The highest BCUT2D eigenvalue weighted by Crippen LogP contribution is 2.07. The van der Waals surface area contributed by atoms with E-state index in [1.165, 1.54) is 51.4 Å². The van der Waals surface area contributed by atoms with Crippen LogP contribution in [0.3, 0.4) is 0 Å². The summed E-state index contributed by atoms with van der Waals surface area (Å²) in [5.74, 6) is 0.919. The molecule has 1 rings (SSSR count). The lowest BCUT2D eigenvalue weighted by molar-refractivity contribution is 0.569. The average Bonchev–Trinajstić information content (AvgIpc) is 3.11. The predicted octanol–water partition coefficient (Wildman–Crippen LogP) is 3.98. The van der Waals surface area contributed by atoms with Gasteiger partial charge in [0, 0.05) is 26.7 Å². The summed E-state index contributed by atoms with van der Waals surface area (Å²) in [6.45, 7) is 5.19. The number of unbranched alkanes of at least 4 members (excludes halogenated alkanes) is 8. The molecule has 0 saturated carbocycles. The maximum atomic E-state index is 4.27. The number of hydrogen-bond donors (Lipinski definition) is 2. The van der Waals surface area contributed by atoms with Crippen molar-refractivity contribution in [1.82, 2.24) is 25.4 Å². The van der Waals surface area contributed by atoms with Crippen LogP contribution in [0.25, 0.3) is 0 Å². The highest BCUT2D eigenvalue weighted by atomic mass is 127. The standard InChI is InChI=1S/C18H36N6.HI/c1-3-4-5-6-7-8-9-10-13-20-18(19-2)21-14-11-12-15-24-16-22-23-17-24;/h16-17H,3-15H2,1-2H3,(H2,19,20,21);1H. The van der Waals surface area contributed by atoms with Crippen LogP contribution in [0.2, 0.25) is 0 Å². The van der Waals surface area contributed by atoms with Gasteiger partial charge in [-0.1, -0.05) is 51.9 Å². The Morgan fingerprint density at radius 3 is 1.92 bits per heavy atom. The van der Waals surface area contributed by atoms with E-state index < -0.39 is 0 Å². The van der Waals surface area contributed by atoms with Gasteiger partial charge in [-0.05, 0) is 19.3 Å². The number of hydrogen-bond acceptors (Lipinski definition) is 3. The third-order valence-corrected chi connectivity index (χ3v) is 4.15. The van der Waals surface area contributed by atoms with Crippen LogP contribution < -0.4 is 10.6 Å². The zero-order valence-corrected chi connectivity index (χ0v) is 18.4. The summed E-state index contributed by atoms with van der Waals surface area (Å²) in [5.41, 5.74) is 0. The van der Waals surface area contributed by atoms with Crippen LogP contribution in [-0.4, -0.2) is 40.9 Å². The van der Waals surface area contributed by atoms with Gasteiger partial charge in [0.1, 0.15) is 12.7 Å². The van der Waals surface area contributed by atoms with Crippen molar-refractivity contribution in [3.05, 3.63) is 12.7 Å². The first-order valence-corrected chi connectivity index (χ1v) is 9.63. The molecule has 1 heterocycles. The van der Waals surface area contributed by atoms with Crippen molar-refractivity contribution in [2.75, 3.05) is 20.1 Å². The minimum Gasteiger partial charge on any atom is -0.356 e. The number of aromatic nitrogens is 3. The minimum atomic E-state index is 0. The molecule has 146 valence electrons. The largest absolute Gasteiger partial charge is 0.356 e. The van der Waals surface area contributed by atoms with Gasteiger partial charge in [-0.25, -0.2) is 0 Å². The van der Waals surface area contributed by atoms with Crippen molar-refractivity contribution in [2.24, 2.45) is 4.99 Å². The molecular formula is C18H37IN6. The van der Waals surface area contributed by atoms with E-state index in [1.807, 2.05) is 11.6 Å². The highest BCUT2D eigenvalue weighted by molar-refractivity contribution is 14.0. The van der Waals surface area contributed by atoms with E-state index >= 15 is 0 Å². The maximum Gasteiger partial charge on any atom is 0.190 e. The summed E-state index contributed by atoms with van der Waals surface area (Å²) in [6, 6.07) is 0. The molecule has 0 aromatic carbocycles. The molecule has 1 aromatic heterocycles. The van der Waals surface area contributed by atoms with E-state index in [9.17, 15) is 0 Å². The Morgan fingerprint density at radius 2 is 1.36 bits per heavy atom. The van der Waals surface area contributed by atoms with Gasteiger partial charge in [0.05, 0.1) is 0 Å². The van der Waals surface area contributed by atoms with Crippen molar-refractivity contribution in [3.8, 4) is 0 Å². The van der Waals surface area contributed by atoms with Gasteiger partial charge in [-0.15, -0.1) is 34.2 Å². The Hall–Kier alpha value is -0.860. The average molecular weight is 464 g/mol. The summed E-state index contributed by atoms with van der Waals surface area (Å²) < 4.78 is 2.01. The topological polar surface area (TPSA) is 67.1 Å². The second-order valence-corrected chi connectivity index (χ2v) is 6.31. The summed E-state index contributed by atoms with van der Waals surface area (Å²) in [6.07, 6.45) is 16.6. The monoisotopic (exact) mass is 464 g/mol. The van der Waals surface area contributed by atoms with Gasteiger partial charge in [0.15, 0.2) is 5.96 Å². The minimum absolute atomic E-state index is 0. The first kappa shape index (κ1) is 24.1. The molecule has 0 bridgehead atoms. The first-order valence-electron chi connectivity index (χ1n) is 9.63. The molecule has 6 nitrogen and oxygen atoms in total. The van der Waals surface area contributed by atoms with Gasteiger partial charge in [0.2, 0.25) is 0 Å². The normalized spacial score (nSPS) is 11.2. The van der Waals surface area contributed by atoms with Crippen LogP contribution in [0, 0.1) is 0 Å². The number of aryl methyl sites for hydroxylation is 1. The quantitative estimate of drug-likeness (QED) is 0.189. The summed E-state index contributed by atoms with van der Waals surface area (Å²) >= 11 is 0. The molecule has 0 amide bonds. The smallest absolute Gasteiger partial charge is 0.190 e. The predicted molar refractivity (Wildman–Crippen MR) is 117 cm³/mol. The van der Waals surface area contributed by atoms with Crippen molar-refractivity contribution in [3.63, 3.8) is 0 Å². The lowest BCUT2D eigenvalue weighted by atomic mass is 10.1. The van der Waals surface area contributed by atoms with E-state index in [-0.39, 0.29) is 24.0 Å². The lowest BCUT2D eigenvalue weighted by Crippen LogP contribution is -2.38. The van der Waals surface area contributed by atoms with Gasteiger partial charge >= 0.3 is 0 Å². The molecule has 2 N–H and O–H groups in total. The van der Waals surface area contributed by atoms with Crippen molar-refractivity contribution in [1.29, 1.82) is 0 Å². The summed E-state index contributed by atoms with van der Waals surface area (Å²) in [5, 5.41) is 14.4. The molecule has 1 aromatic rings. The second-order valence-electron chi connectivity index (χ2n) is 6.31. The van der Waals surface area contributed by atoms with Crippen molar-refractivity contribution < 1.29 is 0 Å². The second kappa shape index (κ2) is 17.9. The van der Waals surface area contributed by atoms with E-state index in [4.69, 9.17) is 0 Å². The van der Waals surface area contributed by atoms with E-state index in [0.29, 0.717) is 0 Å². The molecule has 0 aliphatic heterocycles. The van der Waals surface area contributed by atoms with Gasteiger partial charge in [0.25, 0.3) is 0 Å². The number of nitrogens with one attached hydrogen (secondary N) is 2. The van der Waals surface area contributed by atoms with Gasteiger partial charge in [-0.3, -0.25) is 4.99 Å². The van der Waals surface area contributed by atoms with Gasteiger partial charge < -0.3 is 15.2 Å². The zero-order valence-electron chi connectivity index (χ0n) is 16.0. The molecule has 0 unspecified atom stereocenters. The Morgan fingerprint density at radius 1 is 0.840 bits per heavy atom. The van der Waals surface area contributed by atoms with Crippen LogP contribution in [0.4, 0.5) is 0 Å². The molecule has 0 fully saturated rings. The Balaban J connectivity index is 0.00000576. The third kappa shape index (κ3) is 14.0. The van der Waals surface area contributed by atoms with Crippen LogP contribution in [0.1, 0.15) is 71.1 Å². The van der Waals surface area contributed by atoms with Crippen LogP contribution in [-0.2, 0) is 6.54 Å². The number of nitrogens with zero attached hydrogens (tertiary/aromatic N) is 4. The Bertz CT molecular complexity index is 408. The molecule has 7 heteroatoms. The third-order valence-electron chi connectivity index (χ3n) is 4.15. The number of guanidine groups is 1. The molecule has 0 aliphatic carbocycles. The fourth-order valence-corrected chi connectivity index (χ4v) is 2.65. The van der Waals surface area contributed by atoms with E-state index in [2.05, 4.69) is 32.7 Å². The van der Waals surface area contributed by atoms with Crippen LogP contribution in [0.5, 0.6) is 0 Å². The molecule has 0 saturated heterocycles. The lowest BCUT2D eigenvalue weighted by Gasteiger charge is -2.11. The Kier molecular flexibility index (Phi) is 17.3. The number of rotatable bonds is 14. The first-order chi connectivity index (χ1) is 11.9. The molecular weight excluding hydrogens is 427 g/mol. The van der Waals surface area contributed by atoms with Crippen LogP contribution >= 0.6 is 24.0 Å². The molecule has 0 radical (unpaired) electrons. The maximum absolute atomic E-state index is 4.27. The SMILES string of the molecule is CCCCCCCCCCNC(=NC)NCCCCn1cnnc1.I. The summed E-state index contributed by atoms with van der Waals surface area (Å²) in [7, 11) is 1.83. The van der Waals surface area contributed by atoms with Crippen LogP contribution in [0.15, 0.2) is 17.6 Å². The molecule has 0 atom stereocenters. The van der Waals surface area contributed by atoms with E-state index in [0.717, 1.165) is 38.4 Å². The van der Waals surface area contributed by atoms with Crippen molar-refractivity contribution in [2.45, 2.75) is 77.7 Å². The fourth-order valence-electron chi connectivity index (χ4n) is 2.65. The molecule has 25 heavy (non-hydrogen) atoms. The van der Waals surface area contributed by atoms with Gasteiger partial charge in [-0.2, -0.15) is 0 Å². The Labute approximate surface area is 170 Å². The van der Waals surface area contributed by atoms with E-state index in [1.54, 1.807) is 12.7 Å². The molecule has 0 spiro atoms. The highest BCUT2D eigenvalue weighted by Gasteiger charge is 1.97. The zero-order chi connectivity index (χ0) is 17.3. The van der Waals surface area contributed by atoms with Crippen molar-refractivity contribution >= 4 is 29.9 Å². The fraction of sp³-hybridized carbons (Fsp3) is 0.833.